The monoisotopic (exact) mass is 313 g/mol. The fourth-order valence-electron chi connectivity index (χ4n) is 3.44. The van der Waals surface area contributed by atoms with Gasteiger partial charge in [0.05, 0.1) is 11.7 Å². The number of hydrogen-bond acceptors (Lipinski definition) is 4. The van der Waals surface area contributed by atoms with Crippen LogP contribution in [0.3, 0.4) is 0 Å². The minimum absolute atomic E-state index is 0.226. The molecule has 1 aromatic carbocycles. The van der Waals surface area contributed by atoms with Crippen LogP contribution in [0.5, 0.6) is 0 Å². The van der Waals surface area contributed by atoms with Crippen LogP contribution in [-0.4, -0.2) is 36.2 Å². The molecule has 0 saturated carbocycles. The minimum atomic E-state index is 0.226. The van der Waals surface area contributed by atoms with Gasteiger partial charge in [-0.3, -0.25) is 4.90 Å². The third-order valence-corrected chi connectivity index (χ3v) is 4.80. The van der Waals surface area contributed by atoms with Gasteiger partial charge in [0.25, 0.3) is 0 Å². The second-order valence-corrected chi connectivity index (χ2v) is 6.75. The first-order chi connectivity index (χ1) is 11.1. The van der Waals surface area contributed by atoms with E-state index < -0.39 is 0 Å². The Morgan fingerprint density at radius 1 is 1.04 bits per heavy atom. The van der Waals surface area contributed by atoms with Crippen LogP contribution >= 0.6 is 0 Å². The molecule has 1 unspecified atom stereocenters. The zero-order chi connectivity index (χ0) is 16.4. The molecule has 1 atom stereocenters. The van der Waals surface area contributed by atoms with Crippen molar-refractivity contribution in [1.82, 2.24) is 15.4 Å². The molecule has 2 aromatic rings. The standard InChI is InChI=1S/C19H27N3O/c1-13(2)16-5-7-17(8-6-16)19(22-11-9-20-10-12-22)18-14(3)21-23-15(18)4/h5-8,13,19-20H,9-12H2,1-4H3. The molecule has 1 aliphatic rings. The van der Waals surface area contributed by atoms with Gasteiger partial charge in [0.1, 0.15) is 5.76 Å². The second-order valence-electron chi connectivity index (χ2n) is 6.75. The number of rotatable bonds is 4. The Bertz CT molecular complexity index is 620. The Balaban J connectivity index is 2.00. The van der Waals surface area contributed by atoms with E-state index in [1.165, 1.54) is 16.7 Å². The van der Waals surface area contributed by atoms with Crippen LogP contribution in [0.2, 0.25) is 0 Å². The Morgan fingerprint density at radius 2 is 1.65 bits per heavy atom. The highest BCUT2D eigenvalue weighted by Crippen LogP contribution is 2.33. The molecule has 1 aliphatic heterocycles. The highest BCUT2D eigenvalue weighted by atomic mass is 16.5. The Labute approximate surface area is 138 Å². The number of aryl methyl sites for hydroxylation is 2. The molecular formula is C19H27N3O. The fourth-order valence-corrected chi connectivity index (χ4v) is 3.44. The lowest BCUT2D eigenvalue weighted by molar-refractivity contribution is 0.196. The summed E-state index contributed by atoms with van der Waals surface area (Å²) in [5, 5.41) is 7.62. The molecule has 0 radical (unpaired) electrons. The Kier molecular flexibility index (Phi) is 4.83. The summed E-state index contributed by atoms with van der Waals surface area (Å²) in [7, 11) is 0. The van der Waals surface area contributed by atoms with E-state index in [1.54, 1.807) is 0 Å². The summed E-state index contributed by atoms with van der Waals surface area (Å²) in [5.74, 6) is 1.49. The van der Waals surface area contributed by atoms with E-state index in [4.69, 9.17) is 4.52 Å². The van der Waals surface area contributed by atoms with Crippen LogP contribution in [0, 0.1) is 13.8 Å². The molecule has 0 aliphatic carbocycles. The summed E-state index contributed by atoms with van der Waals surface area (Å²) in [5.41, 5.74) is 4.93. The lowest BCUT2D eigenvalue weighted by atomic mass is 9.93. The van der Waals surface area contributed by atoms with Crippen molar-refractivity contribution in [3.63, 3.8) is 0 Å². The highest BCUT2D eigenvalue weighted by molar-refractivity contribution is 5.37. The maximum absolute atomic E-state index is 5.46. The Morgan fingerprint density at radius 3 is 2.17 bits per heavy atom. The number of piperazine rings is 1. The summed E-state index contributed by atoms with van der Waals surface area (Å²) in [6.07, 6.45) is 0. The summed E-state index contributed by atoms with van der Waals surface area (Å²) in [4.78, 5) is 2.54. The quantitative estimate of drug-likeness (QED) is 0.939. The number of nitrogens with one attached hydrogen (secondary N) is 1. The summed E-state index contributed by atoms with van der Waals surface area (Å²) < 4.78 is 5.46. The van der Waals surface area contributed by atoms with Crippen LogP contribution in [0.1, 0.15) is 54.0 Å². The van der Waals surface area contributed by atoms with Gasteiger partial charge in [-0.05, 0) is 30.9 Å². The van der Waals surface area contributed by atoms with Gasteiger partial charge in [0.15, 0.2) is 0 Å². The van der Waals surface area contributed by atoms with E-state index in [-0.39, 0.29) is 6.04 Å². The van der Waals surface area contributed by atoms with Crippen molar-refractivity contribution >= 4 is 0 Å². The van der Waals surface area contributed by atoms with Gasteiger partial charge in [-0.25, -0.2) is 0 Å². The van der Waals surface area contributed by atoms with Crippen molar-refractivity contribution in [1.29, 1.82) is 0 Å². The molecule has 23 heavy (non-hydrogen) atoms. The average molecular weight is 313 g/mol. The minimum Gasteiger partial charge on any atom is -0.361 e. The predicted molar refractivity (Wildman–Crippen MR) is 92.8 cm³/mol. The first-order valence-electron chi connectivity index (χ1n) is 8.55. The van der Waals surface area contributed by atoms with E-state index in [9.17, 15) is 0 Å². The third-order valence-electron chi connectivity index (χ3n) is 4.80. The molecule has 124 valence electrons. The summed E-state index contributed by atoms with van der Waals surface area (Å²) >= 11 is 0. The Hall–Kier alpha value is -1.65. The van der Waals surface area contributed by atoms with Gasteiger partial charge in [-0.15, -0.1) is 0 Å². The van der Waals surface area contributed by atoms with Gasteiger partial charge in [-0.1, -0.05) is 43.3 Å². The smallest absolute Gasteiger partial charge is 0.139 e. The normalized spacial score (nSPS) is 17.6. The summed E-state index contributed by atoms with van der Waals surface area (Å²) in [6.45, 7) is 12.7. The van der Waals surface area contributed by atoms with Crippen LogP contribution in [0.4, 0.5) is 0 Å². The van der Waals surface area contributed by atoms with Crippen molar-refractivity contribution in [2.24, 2.45) is 0 Å². The zero-order valence-corrected chi connectivity index (χ0v) is 14.6. The fraction of sp³-hybridized carbons (Fsp3) is 0.526. The van der Waals surface area contributed by atoms with Crippen molar-refractivity contribution in [3.05, 3.63) is 52.4 Å². The maximum Gasteiger partial charge on any atom is 0.139 e. The third kappa shape index (κ3) is 3.33. The number of hydrogen-bond donors (Lipinski definition) is 1. The molecule has 4 heteroatoms. The van der Waals surface area contributed by atoms with Crippen LogP contribution < -0.4 is 5.32 Å². The first-order valence-corrected chi connectivity index (χ1v) is 8.55. The number of nitrogens with zero attached hydrogens (tertiary/aromatic N) is 2. The number of aromatic nitrogens is 1. The van der Waals surface area contributed by atoms with Crippen LogP contribution in [0.15, 0.2) is 28.8 Å². The van der Waals surface area contributed by atoms with Crippen molar-refractivity contribution in [3.8, 4) is 0 Å². The molecule has 3 rings (SSSR count). The van der Waals surface area contributed by atoms with Gasteiger partial charge in [-0.2, -0.15) is 0 Å². The lowest BCUT2D eigenvalue weighted by Gasteiger charge is -2.35. The van der Waals surface area contributed by atoms with Crippen LogP contribution in [0.25, 0.3) is 0 Å². The van der Waals surface area contributed by atoms with Crippen molar-refractivity contribution < 1.29 is 4.52 Å². The molecule has 1 saturated heterocycles. The number of benzene rings is 1. The lowest BCUT2D eigenvalue weighted by Crippen LogP contribution is -2.45. The molecular weight excluding hydrogens is 286 g/mol. The molecule has 0 amide bonds. The highest BCUT2D eigenvalue weighted by Gasteiger charge is 2.29. The average Bonchev–Trinajstić information content (AvgIpc) is 2.89. The predicted octanol–water partition coefficient (Wildman–Crippen LogP) is 3.41. The molecule has 1 fully saturated rings. The van der Waals surface area contributed by atoms with E-state index >= 15 is 0 Å². The van der Waals surface area contributed by atoms with Gasteiger partial charge in [0.2, 0.25) is 0 Å². The first kappa shape index (κ1) is 16.2. The van der Waals surface area contributed by atoms with E-state index in [0.717, 1.165) is 37.6 Å². The van der Waals surface area contributed by atoms with E-state index in [0.29, 0.717) is 5.92 Å². The van der Waals surface area contributed by atoms with Crippen molar-refractivity contribution in [2.75, 3.05) is 26.2 Å². The largest absolute Gasteiger partial charge is 0.361 e. The van der Waals surface area contributed by atoms with E-state index in [1.807, 2.05) is 13.8 Å². The van der Waals surface area contributed by atoms with Crippen molar-refractivity contribution in [2.45, 2.75) is 39.7 Å². The van der Waals surface area contributed by atoms with Gasteiger partial charge >= 0.3 is 0 Å². The van der Waals surface area contributed by atoms with Crippen LogP contribution in [-0.2, 0) is 0 Å². The SMILES string of the molecule is Cc1noc(C)c1C(c1ccc(C(C)C)cc1)N1CCNCC1. The molecule has 1 aromatic heterocycles. The topological polar surface area (TPSA) is 41.3 Å². The molecule has 0 bridgehead atoms. The zero-order valence-electron chi connectivity index (χ0n) is 14.6. The molecule has 1 N–H and O–H groups in total. The molecule has 4 nitrogen and oxygen atoms in total. The molecule has 2 heterocycles. The van der Waals surface area contributed by atoms with E-state index in [2.05, 4.69) is 53.5 Å². The molecule has 0 spiro atoms. The van der Waals surface area contributed by atoms with Gasteiger partial charge < -0.3 is 9.84 Å². The van der Waals surface area contributed by atoms with Gasteiger partial charge in [0, 0.05) is 31.7 Å². The maximum atomic E-state index is 5.46. The summed E-state index contributed by atoms with van der Waals surface area (Å²) in [6, 6.07) is 9.28. The second kappa shape index (κ2) is 6.85.